The van der Waals surface area contributed by atoms with E-state index in [1.54, 1.807) is 0 Å². The zero-order valence-electron chi connectivity index (χ0n) is 18.9. The molecule has 0 saturated carbocycles. The van der Waals surface area contributed by atoms with Crippen molar-refractivity contribution in [2.75, 3.05) is 25.0 Å². The maximum Gasteiger partial charge on any atom is 0.265 e. The molecule has 0 bridgehead atoms. The van der Waals surface area contributed by atoms with Gasteiger partial charge in [0.2, 0.25) is 0 Å². The van der Waals surface area contributed by atoms with Crippen LogP contribution in [0.4, 0.5) is 5.69 Å². The van der Waals surface area contributed by atoms with Crippen LogP contribution in [0.3, 0.4) is 0 Å². The lowest BCUT2D eigenvalue weighted by Crippen LogP contribution is -2.29. The van der Waals surface area contributed by atoms with Gasteiger partial charge in [0.15, 0.2) is 12.4 Å². The number of carbonyl (C=O) groups is 1. The van der Waals surface area contributed by atoms with E-state index in [9.17, 15) is 4.79 Å². The first-order valence-electron chi connectivity index (χ1n) is 11.1. The third-order valence-electron chi connectivity index (χ3n) is 5.63. The Morgan fingerprint density at radius 2 is 1.90 bits per heavy atom. The number of nitrogens with zero attached hydrogens (tertiary/aromatic N) is 2. The monoisotopic (exact) mass is 422 g/mol. The van der Waals surface area contributed by atoms with E-state index in [0.29, 0.717) is 5.92 Å². The highest BCUT2D eigenvalue weighted by molar-refractivity contribution is 5.97. The van der Waals surface area contributed by atoms with Crippen LogP contribution in [0.25, 0.3) is 0 Å². The van der Waals surface area contributed by atoms with Gasteiger partial charge >= 0.3 is 0 Å². The van der Waals surface area contributed by atoms with E-state index in [2.05, 4.69) is 35.3 Å². The number of piperidine rings is 1. The zero-order chi connectivity index (χ0) is 22.2. The van der Waals surface area contributed by atoms with Gasteiger partial charge < -0.3 is 15.9 Å². The Hall–Kier alpha value is -2.86. The smallest absolute Gasteiger partial charge is 0.265 e. The maximum absolute atomic E-state index is 12.4. The number of nitrogens with one attached hydrogen (secondary N) is 1. The number of oxime groups is 1. The van der Waals surface area contributed by atoms with Gasteiger partial charge in [0.1, 0.15) is 0 Å². The molecule has 3 N–H and O–H groups in total. The number of para-hydroxylation sites is 1. The molecule has 0 radical (unpaired) electrons. The number of amidine groups is 1. The van der Waals surface area contributed by atoms with Crippen molar-refractivity contribution in [3.63, 3.8) is 0 Å². The van der Waals surface area contributed by atoms with Crippen LogP contribution in [0.2, 0.25) is 0 Å². The first kappa shape index (κ1) is 22.8. The second-order valence-corrected chi connectivity index (χ2v) is 8.53. The zero-order valence-corrected chi connectivity index (χ0v) is 18.9. The molecule has 1 aliphatic heterocycles. The number of hydrogen-bond donors (Lipinski definition) is 2. The summed E-state index contributed by atoms with van der Waals surface area (Å²) in [5, 5.41) is 6.91. The molecule has 1 amide bonds. The van der Waals surface area contributed by atoms with Gasteiger partial charge in [-0.1, -0.05) is 61.8 Å². The average Bonchev–Trinajstić information content (AvgIpc) is 2.76. The minimum absolute atomic E-state index is 0.194. The molecule has 0 unspecified atom stereocenters. The summed E-state index contributed by atoms with van der Waals surface area (Å²) in [4.78, 5) is 20.1. The van der Waals surface area contributed by atoms with E-state index in [4.69, 9.17) is 10.6 Å². The predicted octanol–water partition coefficient (Wildman–Crippen LogP) is 4.38. The van der Waals surface area contributed by atoms with E-state index in [1.807, 2.05) is 43.3 Å². The summed E-state index contributed by atoms with van der Waals surface area (Å²) >= 11 is 0. The molecular weight excluding hydrogens is 388 g/mol. The summed E-state index contributed by atoms with van der Waals surface area (Å²) < 4.78 is 0. The van der Waals surface area contributed by atoms with Crippen LogP contribution in [0, 0.1) is 6.92 Å². The van der Waals surface area contributed by atoms with Crippen LogP contribution in [0.15, 0.2) is 47.6 Å². The molecule has 0 atom stereocenters. The minimum atomic E-state index is -0.258. The van der Waals surface area contributed by atoms with Crippen molar-refractivity contribution < 1.29 is 9.63 Å². The number of amides is 1. The highest BCUT2D eigenvalue weighted by Gasteiger charge is 2.13. The van der Waals surface area contributed by atoms with Gasteiger partial charge in [0.25, 0.3) is 5.91 Å². The molecule has 31 heavy (non-hydrogen) atoms. The molecule has 0 spiro atoms. The Labute approximate surface area is 185 Å². The van der Waals surface area contributed by atoms with E-state index in [0.717, 1.165) is 42.0 Å². The lowest BCUT2D eigenvalue weighted by molar-refractivity contribution is -0.120. The molecule has 0 aliphatic carbocycles. The number of likely N-dealkylation sites (tertiary alicyclic amines) is 1. The van der Waals surface area contributed by atoms with E-state index in [-0.39, 0.29) is 18.3 Å². The van der Waals surface area contributed by atoms with Gasteiger partial charge in [0.05, 0.1) is 0 Å². The number of aryl methyl sites for hydroxylation is 1. The summed E-state index contributed by atoms with van der Waals surface area (Å²) in [6, 6.07) is 14.0. The molecule has 1 fully saturated rings. The molecule has 166 valence electrons. The number of rotatable bonds is 8. The van der Waals surface area contributed by atoms with Gasteiger partial charge in [-0.15, -0.1) is 0 Å². The van der Waals surface area contributed by atoms with Gasteiger partial charge in [-0.3, -0.25) is 9.69 Å². The molecule has 1 aliphatic rings. The number of carbonyl (C=O) groups excluding carboxylic acids is 1. The second kappa shape index (κ2) is 11.0. The fraction of sp³-hybridized carbons (Fsp3) is 0.440. The van der Waals surface area contributed by atoms with Crippen LogP contribution < -0.4 is 11.1 Å². The fourth-order valence-corrected chi connectivity index (χ4v) is 3.94. The van der Waals surface area contributed by atoms with Crippen molar-refractivity contribution in [3.05, 3.63) is 64.7 Å². The van der Waals surface area contributed by atoms with E-state index < -0.39 is 0 Å². The Balaban J connectivity index is 1.56. The van der Waals surface area contributed by atoms with Gasteiger partial charge in [0, 0.05) is 17.8 Å². The van der Waals surface area contributed by atoms with Crippen molar-refractivity contribution in [2.45, 2.75) is 52.5 Å². The largest absolute Gasteiger partial charge is 0.384 e. The van der Waals surface area contributed by atoms with Crippen LogP contribution in [0.1, 0.15) is 61.3 Å². The first-order valence-corrected chi connectivity index (χ1v) is 11.1. The van der Waals surface area contributed by atoms with Crippen molar-refractivity contribution in [1.29, 1.82) is 0 Å². The molecule has 2 aromatic carbocycles. The van der Waals surface area contributed by atoms with Gasteiger partial charge in [-0.2, -0.15) is 0 Å². The predicted molar refractivity (Wildman–Crippen MR) is 126 cm³/mol. The van der Waals surface area contributed by atoms with Crippen molar-refractivity contribution in [3.8, 4) is 0 Å². The molecule has 6 heteroatoms. The molecule has 2 aromatic rings. The molecule has 3 rings (SSSR count). The van der Waals surface area contributed by atoms with Crippen molar-refractivity contribution in [1.82, 2.24) is 4.90 Å². The molecule has 0 aromatic heterocycles. The van der Waals surface area contributed by atoms with Gasteiger partial charge in [-0.05, 0) is 61.5 Å². The molecule has 6 nitrogen and oxygen atoms in total. The van der Waals surface area contributed by atoms with Crippen LogP contribution in [-0.4, -0.2) is 36.3 Å². The highest BCUT2D eigenvalue weighted by atomic mass is 16.6. The third kappa shape index (κ3) is 6.56. The lowest BCUT2D eigenvalue weighted by atomic mass is 9.98. The third-order valence-corrected chi connectivity index (χ3v) is 5.63. The first-order chi connectivity index (χ1) is 14.9. The fourth-order valence-electron chi connectivity index (χ4n) is 3.94. The van der Waals surface area contributed by atoms with E-state index in [1.165, 1.54) is 24.8 Å². The SMILES string of the molecule is Cc1cccc(C(C)C)c1NC(=O)CO/N=C(\N)c1cccc(CN2CCCCC2)c1. The van der Waals surface area contributed by atoms with Gasteiger partial charge in [-0.25, -0.2) is 0 Å². The second-order valence-electron chi connectivity index (χ2n) is 8.53. The number of anilines is 1. The lowest BCUT2D eigenvalue weighted by Gasteiger charge is -2.26. The Morgan fingerprint density at radius 3 is 2.65 bits per heavy atom. The highest BCUT2D eigenvalue weighted by Crippen LogP contribution is 2.27. The normalized spacial score (nSPS) is 15.2. The standard InChI is InChI=1S/C25H34N4O2/c1-18(2)22-12-7-9-19(3)24(22)27-23(30)17-31-28-25(26)21-11-8-10-20(15-21)16-29-13-5-4-6-14-29/h7-12,15,18H,4-6,13-14,16-17H2,1-3H3,(H2,26,28)(H,27,30). The summed E-state index contributed by atoms with van der Waals surface area (Å²) in [5.41, 5.74) is 11.1. The van der Waals surface area contributed by atoms with Crippen molar-refractivity contribution >= 4 is 17.4 Å². The topological polar surface area (TPSA) is 79.9 Å². The Kier molecular flexibility index (Phi) is 8.06. The quantitative estimate of drug-likeness (QED) is 0.376. The molecule has 1 saturated heterocycles. The summed E-state index contributed by atoms with van der Waals surface area (Å²) in [6.45, 7) is 9.20. The van der Waals surface area contributed by atoms with Crippen LogP contribution in [-0.2, 0) is 16.2 Å². The van der Waals surface area contributed by atoms with Crippen molar-refractivity contribution in [2.24, 2.45) is 10.9 Å². The number of benzene rings is 2. The summed E-state index contributed by atoms with van der Waals surface area (Å²) in [7, 11) is 0. The summed E-state index contributed by atoms with van der Waals surface area (Å²) in [6.07, 6.45) is 3.85. The van der Waals surface area contributed by atoms with Crippen LogP contribution in [0.5, 0.6) is 0 Å². The molecule has 1 heterocycles. The summed E-state index contributed by atoms with van der Waals surface area (Å²) in [5.74, 6) is 0.320. The van der Waals surface area contributed by atoms with E-state index >= 15 is 0 Å². The number of hydrogen-bond acceptors (Lipinski definition) is 4. The average molecular weight is 423 g/mol. The minimum Gasteiger partial charge on any atom is -0.384 e. The number of nitrogens with two attached hydrogens (primary N) is 1. The Bertz CT molecular complexity index is 917. The Morgan fingerprint density at radius 1 is 1.16 bits per heavy atom. The molecular formula is C25H34N4O2. The maximum atomic E-state index is 12.4. The van der Waals surface area contributed by atoms with Crippen LogP contribution >= 0.6 is 0 Å².